The predicted molar refractivity (Wildman–Crippen MR) is 109 cm³/mol. The fourth-order valence-corrected chi connectivity index (χ4v) is 3.48. The maximum atomic E-state index is 13.0. The highest BCUT2D eigenvalue weighted by Gasteiger charge is 2.34. The minimum atomic E-state index is -0.473. The van der Waals surface area contributed by atoms with Crippen LogP contribution >= 0.6 is 11.8 Å². The van der Waals surface area contributed by atoms with Crippen molar-refractivity contribution in [2.45, 2.75) is 19.1 Å². The number of hydrogen-bond donors (Lipinski definition) is 0. The first-order valence-electron chi connectivity index (χ1n) is 8.68. The zero-order valence-corrected chi connectivity index (χ0v) is 16.0. The van der Waals surface area contributed by atoms with Crippen LogP contribution in [0.1, 0.15) is 19.4 Å². The normalized spacial score (nSPS) is 16.4. The second-order valence-electron chi connectivity index (χ2n) is 5.82. The Kier molecular flexibility index (Phi) is 6.08. The molecule has 27 heavy (non-hydrogen) atoms. The first-order valence-corrected chi connectivity index (χ1v) is 9.56. The number of amides is 1. The van der Waals surface area contributed by atoms with Crippen molar-refractivity contribution in [2.24, 2.45) is 4.99 Å². The quantitative estimate of drug-likeness (QED) is 0.578. The summed E-state index contributed by atoms with van der Waals surface area (Å²) in [5.41, 5.74) is 1.94. The zero-order valence-electron chi connectivity index (χ0n) is 15.2. The van der Waals surface area contributed by atoms with Gasteiger partial charge in [-0.2, -0.15) is 0 Å². The number of benzene rings is 2. The number of aliphatic imine (C=N–C) groups is 1. The fourth-order valence-electron chi connectivity index (χ4n) is 2.55. The molecule has 5 nitrogen and oxygen atoms in total. The molecule has 3 rings (SSSR count). The summed E-state index contributed by atoms with van der Waals surface area (Å²) in [5.74, 6) is -0.547. The number of ether oxygens (including phenoxy) is 1. The van der Waals surface area contributed by atoms with E-state index < -0.39 is 5.25 Å². The third kappa shape index (κ3) is 4.46. The highest BCUT2D eigenvalue weighted by atomic mass is 32.2. The summed E-state index contributed by atoms with van der Waals surface area (Å²) in [7, 11) is 0. The molecule has 0 N–H and O–H groups in total. The number of anilines is 1. The van der Waals surface area contributed by atoms with Gasteiger partial charge in [-0.25, -0.2) is 4.99 Å². The summed E-state index contributed by atoms with van der Waals surface area (Å²) in [6, 6.07) is 18.8. The van der Waals surface area contributed by atoms with E-state index in [4.69, 9.17) is 4.74 Å². The number of carbonyl (C=O) groups is 2. The Labute approximate surface area is 162 Å². The second kappa shape index (κ2) is 8.68. The van der Waals surface area contributed by atoms with E-state index in [1.807, 2.05) is 60.7 Å². The van der Waals surface area contributed by atoms with Crippen LogP contribution in [0.4, 0.5) is 5.69 Å². The first kappa shape index (κ1) is 18.9. The van der Waals surface area contributed by atoms with E-state index in [-0.39, 0.29) is 11.9 Å². The molecule has 1 amide bonds. The molecule has 1 atom stereocenters. The van der Waals surface area contributed by atoms with Crippen molar-refractivity contribution in [3.8, 4) is 0 Å². The molecule has 0 fully saturated rings. The van der Waals surface area contributed by atoms with Crippen molar-refractivity contribution in [3.05, 3.63) is 71.9 Å². The van der Waals surface area contributed by atoms with Crippen LogP contribution in [0.3, 0.4) is 0 Å². The van der Waals surface area contributed by atoms with E-state index in [0.717, 1.165) is 5.56 Å². The van der Waals surface area contributed by atoms with Crippen molar-refractivity contribution in [1.82, 2.24) is 0 Å². The molecule has 1 aliphatic heterocycles. The van der Waals surface area contributed by atoms with Gasteiger partial charge in [0.15, 0.2) is 5.17 Å². The van der Waals surface area contributed by atoms with Gasteiger partial charge < -0.3 is 4.74 Å². The summed E-state index contributed by atoms with van der Waals surface area (Å²) in [6.07, 6.45) is 1.75. The molecule has 0 aliphatic carbocycles. The molecule has 1 unspecified atom stereocenters. The van der Waals surface area contributed by atoms with E-state index in [9.17, 15) is 9.59 Å². The van der Waals surface area contributed by atoms with E-state index in [0.29, 0.717) is 23.2 Å². The number of amidine groups is 1. The van der Waals surface area contributed by atoms with Crippen molar-refractivity contribution < 1.29 is 14.3 Å². The SMILES string of the molecule is CCOC(=O)C(C)SC1=N/C(=C\c2ccccc2)C(=O)N1c1ccccc1. The monoisotopic (exact) mass is 380 g/mol. The highest BCUT2D eigenvalue weighted by Crippen LogP contribution is 2.31. The summed E-state index contributed by atoms with van der Waals surface area (Å²) < 4.78 is 5.07. The van der Waals surface area contributed by atoms with Gasteiger partial charge >= 0.3 is 5.97 Å². The molecule has 0 saturated heterocycles. The molecule has 0 aromatic heterocycles. The summed E-state index contributed by atoms with van der Waals surface area (Å²) in [6.45, 7) is 3.83. The van der Waals surface area contributed by atoms with Gasteiger partial charge in [-0.15, -0.1) is 0 Å². The van der Waals surface area contributed by atoms with Crippen LogP contribution < -0.4 is 4.90 Å². The van der Waals surface area contributed by atoms with E-state index in [1.165, 1.54) is 16.7 Å². The summed E-state index contributed by atoms with van der Waals surface area (Å²) >= 11 is 1.22. The van der Waals surface area contributed by atoms with Crippen molar-refractivity contribution in [1.29, 1.82) is 0 Å². The number of rotatable bonds is 5. The van der Waals surface area contributed by atoms with Gasteiger partial charge in [0.05, 0.1) is 12.3 Å². The van der Waals surface area contributed by atoms with Gasteiger partial charge in [0.1, 0.15) is 10.9 Å². The largest absolute Gasteiger partial charge is 0.465 e. The van der Waals surface area contributed by atoms with Gasteiger partial charge in [0, 0.05) is 0 Å². The fraction of sp³-hybridized carbons (Fsp3) is 0.190. The number of nitrogens with zero attached hydrogens (tertiary/aromatic N) is 2. The molecular weight excluding hydrogens is 360 g/mol. The molecule has 0 radical (unpaired) electrons. The number of para-hydroxylation sites is 1. The van der Waals surface area contributed by atoms with E-state index in [2.05, 4.69) is 4.99 Å². The molecule has 138 valence electrons. The Hall–Kier alpha value is -2.86. The Balaban J connectivity index is 1.94. The number of hydrogen-bond acceptors (Lipinski definition) is 5. The van der Waals surface area contributed by atoms with Crippen LogP contribution in [0.15, 0.2) is 71.4 Å². The minimum Gasteiger partial charge on any atom is -0.465 e. The van der Waals surface area contributed by atoms with Crippen LogP contribution in [0.25, 0.3) is 6.08 Å². The van der Waals surface area contributed by atoms with Crippen LogP contribution in [0, 0.1) is 0 Å². The lowest BCUT2D eigenvalue weighted by atomic mass is 10.2. The molecule has 1 heterocycles. The molecule has 0 bridgehead atoms. The summed E-state index contributed by atoms with van der Waals surface area (Å²) in [4.78, 5) is 31.1. The summed E-state index contributed by atoms with van der Waals surface area (Å²) in [5, 5.41) is -0.00674. The van der Waals surface area contributed by atoms with Gasteiger partial charge in [-0.1, -0.05) is 60.3 Å². The molecular formula is C21H20N2O3S. The lowest BCUT2D eigenvalue weighted by Crippen LogP contribution is -2.32. The minimum absolute atomic E-state index is 0.219. The van der Waals surface area contributed by atoms with Crippen LogP contribution in [-0.2, 0) is 14.3 Å². The Morgan fingerprint density at radius 1 is 1.15 bits per heavy atom. The number of carbonyl (C=O) groups excluding carboxylic acids is 2. The van der Waals surface area contributed by atoms with Gasteiger partial charge in [-0.05, 0) is 37.6 Å². The Bertz CT molecular complexity index is 879. The third-order valence-electron chi connectivity index (χ3n) is 3.85. The average Bonchev–Trinajstić information content (AvgIpc) is 2.98. The molecule has 0 saturated carbocycles. The lowest BCUT2D eigenvalue weighted by molar-refractivity contribution is -0.142. The van der Waals surface area contributed by atoms with Gasteiger partial charge in [-0.3, -0.25) is 14.5 Å². The predicted octanol–water partition coefficient (Wildman–Crippen LogP) is 4.12. The van der Waals surface area contributed by atoms with Crippen LogP contribution in [0.5, 0.6) is 0 Å². The average molecular weight is 380 g/mol. The zero-order chi connectivity index (χ0) is 19.2. The maximum absolute atomic E-state index is 13.0. The molecule has 0 spiro atoms. The van der Waals surface area contributed by atoms with E-state index >= 15 is 0 Å². The standard InChI is InChI=1S/C21H20N2O3S/c1-3-26-20(25)15(2)27-21-22-18(14-16-10-6-4-7-11-16)19(24)23(21)17-12-8-5-9-13-17/h4-15H,3H2,1-2H3/b18-14-. The highest BCUT2D eigenvalue weighted by molar-refractivity contribution is 8.15. The van der Waals surface area contributed by atoms with Crippen molar-refractivity contribution >= 4 is 40.6 Å². The van der Waals surface area contributed by atoms with Gasteiger partial charge in [0.2, 0.25) is 0 Å². The van der Waals surface area contributed by atoms with Gasteiger partial charge in [0.25, 0.3) is 5.91 Å². The van der Waals surface area contributed by atoms with Crippen LogP contribution in [0.2, 0.25) is 0 Å². The molecule has 6 heteroatoms. The molecule has 2 aromatic rings. The van der Waals surface area contributed by atoms with E-state index in [1.54, 1.807) is 19.9 Å². The Morgan fingerprint density at radius 3 is 2.41 bits per heavy atom. The maximum Gasteiger partial charge on any atom is 0.319 e. The molecule has 2 aromatic carbocycles. The van der Waals surface area contributed by atoms with Crippen LogP contribution in [-0.4, -0.2) is 28.9 Å². The third-order valence-corrected chi connectivity index (χ3v) is 4.88. The smallest absolute Gasteiger partial charge is 0.319 e. The number of esters is 1. The molecule has 1 aliphatic rings. The topological polar surface area (TPSA) is 59.0 Å². The lowest BCUT2D eigenvalue weighted by Gasteiger charge is -2.19. The van der Waals surface area contributed by atoms with Crippen molar-refractivity contribution in [2.75, 3.05) is 11.5 Å². The number of thioether (sulfide) groups is 1. The first-order chi connectivity index (χ1) is 13.1. The second-order valence-corrected chi connectivity index (χ2v) is 7.13. The Morgan fingerprint density at radius 2 is 1.78 bits per heavy atom. The van der Waals surface area contributed by atoms with Crippen molar-refractivity contribution in [3.63, 3.8) is 0 Å².